The molecule has 1 N–H and O–H groups in total. The second kappa shape index (κ2) is 5.97. The number of methoxy groups -OCH3 is 1. The first kappa shape index (κ1) is 12.9. The average molecular weight is 183 g/mol. The van der Waals surface area contributed by atoms with Crippen LogP contribution >= 0.6 is 12.4 Å². The van der Waals surface area contributed by atoms with Crippen molar-refractivity contribution in [1.29, 1.82) is 0 Å². The van der Waals surface area contributed by atoms with Crippen molar-refractivity contribution in [2.45, 2.75) is 13.3 Å². The third kappa shape index (κ3) is 5.66. The van der Waals surface area contributed by atoms with Crippen LogP contribution in [0, 0.1) is 5.92 Å². The maximum Gasteiger partial charge on any atom is 0.306 e. The van der Waals surface area contributed by atoms with Gasteiger partial charge in [-0.1, -0.05) is 6.92 Å². The monoisotopic (exact) mass is 182 g/mol. The van der Waals surface area contributed by atoms with E-state index in [1.807, 2.05) is 0 Å². The van der Waals surface area contributed by atoms with Crippen LogP contribution in [0.1, 0.15) is 13.3 Å². The van der Waals surface area contributed by atoms with Crippen molar-refractivity contribution in [1.82, 2.24) is 0 Å². The van der Waals surface area contributed by atoms with Crippen LogP contribution in [0.15, 0.2) is 0 Å². The van der Waals surface area contributed by atoms with Crippen molar-refractivity contribution >= 4 is 24.3 Å². The summed E-state index contributed by atoms with van der Waals surface area (Å²) in [5, 5.41) is 8.32. The Hall–Kier alpha value is -0.770. The molecular weight excluding hydrogens is 172 g/mol. The van der Waals surface area contributed by atoms with E-state index in [4.69, 9.17) is 5.11 Å². The Kier molecular flexibility index (Phi) is 6.99. The summed E-state index contributed by atoms with van der Waals surface area (Å²) < 4.78 is 4.27. The second-order valence-electron chi connectivity index (χ2n) is 2.02. The summed E-state index contributed by atoms with van der Waals surface area (Å²) in [7, 11) is 1.23. The molecule has 0 saturated carbocycles. The standard InChI is InChI=1S/C6H10O4.ClH/c1-4(6(8)9)3-5(7)10-2;/h4H,3H2,1-2H3,(H,8,9);1H. The van der Waals surface area contributed by atoms with Gasteiger partial charge in [-0.05, 0) is 0 Å². The predicted molar refractivity (Wildman–Crippen MR) is 40.7 cm³/mol. The molecule has 4 nitrogen and oxygen atoms in total. The molecule has 0 amide bonds. The van der Waals surface area contributed by atoms with Crippen LogP contribution in [0.2, 0.25) is 0 Å². The van der Waals surface area contributed by atoms with Gasteiger partial charge >= 0.3 is 11.9 Å². The first-order valence-electron chi connectivity index (χ1n) is 2.87. The minimum atomic E-state index is -0.981. The molecule has 0 aliphatic heterocycles. The molecule has 11 heavy (non-hydrogen) atoms. The predicted octanol–water partition coefficient (Wildman–Crippen LogP) is 0.692. The second-order valence-corrected chi connectivity index (χ2v) is 2.02. The molecule has 66 valence electrons. The van der Waals surface area contributed by atoms with E-state index < -0.39 is 17.9 Å². The zero-order valence-electron chi connectivity index (χ0n) is 6.36. The molecule has 0 aromatic carbocycles. The van der Waals surface area contributed by atoms with E-state index >= 15 is 0 Å². The Bertz CT molecular complexity index is 146. The molecule has 0 rings (SSSR count). The average Bonchev–Trinajstić information content (AvgIpc) is 1.87. The quantitative estimate of drug-likeness (QED) is 0.653. The maximum absolute atomic E-state index is 10.4. The van der Waals surface area contributed by atoms with Crippen LogP contribution in [0.25, 0.3) is 0 Å². The van der Waals surface area contributed by atoms with Gasteiger partial charge in [-0.15, -0.1) is 12.4 Å². The van der Waals surface area contributed by atoms with Crippen LogP contribution < -0.4 is 0 Å². The lowest BCUT2D eigenvalue weighted by Gasteiger charge is -2.02. The molecule has 0 bridgehead atoms. The Labute approximate surface area is 70.9 Å². The van der Waals surface area contributed by atoms with Crippen molar-refractivity contribution in [3.05, 3.63) is 0 Å². The molecule has 0 heterocycles. The molecule has 1 atom stereocenters. The summed E-state index contributed by atoms with van der Waals surface area (Å²) >= 11 is 0. The molecule has 0 fully saturated rings. The zero-order valence-corrected chi connectivity index (χ0v) is 7.18. The molecular formula is C6H11ClO4. The SMILES string of the molecule is COC(=O)CC(C)C(=O)O.Cl. The minimum absolute atomic E-state index is 0. The van der Waals surface area contributed by atoms with Gasteiger partial charge in [0.05, 0.1) is 19.4 Å². The Morgan fingerprint density at radius 3 is 2.27 bits per heavy atom. The lowest BCUT2D eigenvalue weighted by atomic mass is 10.1. The van der Waals surface area contributed by atoms with Gasteiger partial charge in [0.1, 0.15) is 0 Å². The number of halogens is 1. The van der Waals surface area contributed by atoms with E-state index in [-0.39, 0.29) is 18.8 Å². The van der Waals surface area contributed by atoms with Gasteiger partial charge in [-0.2, -0.15) is 0 Å². The van der Waals surface area contributed by atoms with Crippen LogP contribution in [0.5, 0.6) is 0 Å². The van der Waals surface area contributed by atoms with Crippen LogP contribution in [0.3, 0.4) is 0 Å². The largest absolute Gasteiger partial charge is 0.481 e. The molecule has 0 aromatic heterocycles. The first-order chi connectivity index (χ1) is 4.57. The number of carboxylic acid groups (broad SMARTS) is 1. The lowest BCUT2D eigenvalue weighted by Crippen LogP contribution is -2.15. The fourth-order valence-corrected chi connectivity index (χ4v) is 0.421. The Morgan fingerprint density at radius 1 is 1.55 bits per heavy atom. The van der Waals surface area contributed by atoms with Crippen molar-refractivity contribution < 1.29 is 19.4 Å². The number of rotatable bonds is 3. The molecule has 5 heteroatoms. The summed E-state index contributed by atoms with van der Waals surface area (Å²) in [4.78, 5) is 20.6. The fourth-order valence-electron chi connectivity index (χ4n) is 0.421. The van der Waals surface area contributed by atoms with Crippen molar-refractivity contribution in [2.24, 2.45) is 5.92 Å². The fraction of sp³-hybridized carbons (Fsp3) is 0.667. The molecule has 0 spiro atoms. The topological polar surface area (TPSA) is 63.6 Å². The number of carbonyl (C=O) groups excluding carboxylic acids is 1. The summed E-state index contributed by atoms with van der Waals surface area (Å²) in [5.74, 6) is -2.13. The van der Waals surface area contributed by atoms with Crippen LogP contribution in [0.4, 0.5) is 0 Å². The van der Waals surface area contributed by atoms with E-state index in [0.29, 0.717) is 0 Å². The van der Waals surface area contributed by atoms with E-state index in [0.717, 1.165) is 0 Å². The van der Waals surface area contributed by atoms with Gasteiger partial charge in [0, 0.05) is 0 Å². The third-order valence-corrected chi connectivity index (χ3v) is 1.12. The zero-order chi connectivity index (χ0) is 8.15. The minimum Gasteiger partial charge on any atom is -0.481 e. The van der Waals surface area contributed by atoms with Gasteiger partial charge in [-0.25, -0.2) is 0 Å². The van der Waals surface area contributed by atoms with Gasteiger partial charge in [0.2, 0.25) is 0 Å². The highest BCUT2D eigenvalue weighted by Gasteiger charge is 2.15. The van der Waals surface area contributed by atoms with Crippen LogP contribution in [-0.4, -0.2) is 24.2 Å². The van der Waals surface area contributed by atoms with Gasteiger partial charge in [-0.3, -0.25) is 9.59 Å². The van der Waals surface area contributed by atoms with Crippen molar-refractivity contribution in [2.75, 3.05) is 7.11 Å². The molecule has 0 saturated heterocycles. The number of aliphatic carboxylic acids is 1. The summed E-state index contributed by atoms with van der Waals surface area (Å²) in [6.07, 6.45) is -0.0637. The van der Waals surface area contributed by atoms with Gasteiger partial charge < -0.3 is 9.84 Å². The van der Waals surface area contributed by atoms with E-state index in [9.17, 15) is 9.59 Å². The number of carbonyl (C=O) groups is 2. The lowest BCUT2D eigenvalue weighted by molar-refractivity contribution is -0.149. The number of hydrogen-bond donors (Lipinski definition) is 1. The first-order valence-corrected chi connectivity index (χ1v) is 2.87. The Morgan fingerprint density at radius 2 is 2.00 bits per heavy atom. The molecule has 0 aliphatic carbocycles. The maximum atomic E-state index is 10.4. The summed E-state index contributed by atoms with van der Waals surface area (Å²) in [6, 6.07) is 0. The molecule has 0 aliphatic rings. The smallest absolute Gasteiger partial charge is 0.306 e. The van der Waals surface area contributed by atoms with Crippen molar-refractivity contribution in [3.8, 4) is 0 Å². The molecule has 0 aromatic rings. The highest BCUT2D eigenvalue weighted by molar-refractivity contribution is 5.85. The van der Waals surface area contributed by atoms with E-state index in [2.05, 4.69) is 4.74 Å². The third-order valence-electron chi connectivity index (χ3n) is 1.12. The number of esters is 1. The molecule has 0 radical (unpaired) electrons. The molecule has 1 unspecified atom stereocenters. The highest BCUT2D eigenvalue weighted by atomic mass is 35.5. The van der Waals surface area contributed by atoms with Crippen molar-refractivity contribution in [3.63, 3.8) is 0 Å². The number of ether oxygens (including phenoxy) is 1. The van der Waals surface area contributed by atoms with Gasteiger partial charge in [0.25, 0.3) is 0 Å². The number of hydrogen-bond acceptors (Lipinski definition) is 3. The number of carboxylic acids is 1. The van der Waals surface area contributed by atoms with E-state index in [1.54, 1.807) is 0 Å². The highest BCUT2D eigenvalue weighted by Crippen LogP contribution is 2.01. The Balaban J connectivity index is 0. The van der Waals surface area contributed by atoms with Gasteiger partial charge in [0.15, 0.2) is 0 Å². The summed E-state index contributed by atoms with van der Waals surface area (Å²) in [5.41, 5.74) is 0. The van der Waals surface area contributed by atoms with E-state index in [1.165, 1.54) is 14.0 Å². The van der Waals surface area contributed by atoms with Crippen LogP contribution in [-0.2, 0) is 14.3 Å². The normalized spacial score (nSPS) is 11.1. The summed E-state index contributed by atoms with van der Waals surface area (Å²) in [6.45, 7) is 1.46.